The van der Waals surface area contributed by atoms with Gasteiger partial charge in [-0.3, -0.25) is 14.4 Å². The van der Waals surface area contributed by atoms with Crippen LogP contribution in [-0.2, 0) is 23.9 Å². The predicted molar refractivity (Wildman–Crippen MR) is 89.7 cm³/mol. The maximum atomic E-state index is 12.6. The molecule has 0 amide bonds. The summed E-state index contributed by atoms with van der Waals surface area (Å²) < 4.78 is 10.2. The lowest BCUT2D eigenvalue weighted by atomic mass is 9.62. The van der Waals surface area contributed by atoms with Gasteiger partial charge >= 0.3 is 11.9 Å². The number of benzene rings is 1. The van der Waals surface area contributed by atoms with Gasteiger partial charge in [-0.1, -0.05) is 30.3 Å². The SMILES string of the molecule is CCOC(=O)[C@@H]1C(=O)C[C@@](C)(O)[C@H](C(=O)OCC)[C@@H]1c1ccccc1. The van der Waals surface area contributed by atoms with Gasteiger partial charge in [-0.05, 0) is 26.3 Å². The summed E-state index contributed by atoms with van der Waals surface area (Å²) in [6.07, 6.45) is -0.302. The van der Waals surface area contributed by atoms with Crippen LogP contribution in [0.2, 0.25) is 0 Å². The second kappa shape index (κ2) is 7.78. The lowest BCUT2D eigenvalue weighted by molar-refractivity contribution is -0.172. The van der Waals surface area contributed by atoms with Gasteiger partial charge in [-0.15, -0.1) is 0 Å². The van der Waals surface area contributed by atoms with E-state index in [0.717, 1.165) is 0 Å². The highest BCUT2D eigenvalue weighted by molar-refractivity contribution is 6.02. The van der Waals surface area contributed by atoms with Gasteiger partial charge in [0.05, 0.1) is 24.7 Å². The van der Waals surface area contributed by atoms with Crippen molar-refractivity contribution < 1.29 is 29.0 Å². The number of esters is 2. The fourth-order valence-electron chi connectivity index (χ4n) is 3.55. The Balaban J connectivity index is 2.57. The molecule has 136 valence electrons. The molecule has 1 aliphatic rings. The Morgan fingerprint density at radius 3 is 2.24 bits per heavy atom. The first-order valence-electron chi connectivity index (χ1n) is 8.46. The number of ketones is 1. The summed E-state index contributed by atoms with van der Waals surface area (Å²) in [5.41, 5.74) is -0.987. The summed E-state index contributed by atoms with van der Waals surface area (Å²) in [5, 5.41) is 10.8. The summed E-state index contributed by atoms with van der Waals surface area (Å²) in [4.78, 5) is 37.7. The zero-order chi connectivity index (χ0) is 18.6. The molecule has 6 heteroatoms. The first-order chi connectivity index (χ1) is 11.8. The molecule has 1 saturated carbocycles. The standard InChI is InChI=1S/C19H24O6/c1-4-24-17(21)15-13(20)11-19(3,23)16(18(22)25-5-2)14(15)12-9-7-6-8-10-12/h6-10,14-16,23H,4-5,11H2,1-3H3/t14-,15-,16+,19-/m1/s1. The third kappa shape index (κ3) is 3.90. The maximum Gasteiger partial charge on any atom is 0.317 e. The molecule has 0 unspecified atom stereocenters. The number of hydrogen-bond donors (Lipinski definition) is 1. The van der Waals surface area contributed by atoms with Crippen LogP contribution in [0.5, 0.6) is 0 Å². The Morgan fingerprint density at radius 1 is 1.12 bits per heavy atom. The molecule has 0 saturated heterocycles. The van der Waals surface area contributed by atoms with Crippen molar-refractivity contribution in [3.05, 3.63) is 35.9 Å². The minimum Gasteiger partial charge on any atom is -0.466 e. The quantitative estimate of drug-likeness (QED) is 0.645. The number of rotatable bonds is 5. The molecular formula is C19H24O6. The summed E-state index contributed by atoms with van der Waals surface area (Å²) in [6.45, 7) is 5.03. The number of aliphatic hydroxyl groups is 1. The smallest absolute Gasteiger partial charge is 0.317 e. The molecule has 0 heterocycles. The van der Waals surface area contributed by atoms with E-state index < -0.39 is 41.1 Å². The van der Waals surface area contributed by atoms with Crippen molar-refractivity contribution in [2.75, 3.05) is 13.2 Å². The van der Waals surface area contributed by atoms with E-state index in [4.69, 9.17) is 9.47 Å². The first kappa shape index (κ1) is 19.1. The highest BCUT2D eigenvalue weighted by Gasteiger charge is 2.57. The molecule has 0 aliphatic heterocycles. The highest BCUT2D eigenvalue weighted by atomic mass is 16.5. The van der Waals surface area contributed by atoms with Crippen molar-refractivity contribution in [2.24, 2.45) is 11.8 Å². The summed E-state index contributed by atoms with van der Waals surface area (Å²) in [5.74, 6) is -4.75. The van der Waals surface area contributed by atoms with Gasteiger partial charge in [-0.25, -0.2) is 0 Å². The van der Waals surface area contributed by atoms with E-state index in [1.807, 2.05) is 0 Å². The Kier molecular flexibility index (Phi) is 5.95. The molecule has 4 atom stereocenters. The van der Waals surface area contributed by atoms with Gasteiger partial charge < -0.3 is 14.6 Å². The van der Waals surface area contributed by atoms with Gasteiger partial charge in [0.1, 0.15) is 5.92 Å². The Morgan fingerprint density at radius 2 is 1.68 bits per heavy atom. The molecule has 25 heavy (non-hydrogen) atoms. The van der Waals surface area contributed by atoms with Crippen LogP contribution in [0.1, 0.15) is 38.7 Å². The van der Waals surface area contributed by atoms with Crippen LogP contribution < -0.4 is 0 Å². The largest absolute Gasteiger partial charge is 0.466 e. The number of Topliss-reactive ketones (excluding diaryl/α,β-unsaturated/α-hetero) is 1. The molecule has 0 bridgehead atoms. The second-order valence-electron chi connectivity index (χ2n) is 6.40. The van der Waals surface area contributed by atoms with Crippen molar-refractivity contribution in [3.63, 3.8) is 0 Å². The zero-order valence-electron chi connectivity index (χ0n) is 14.7. The van der Waals surface area contributed by atoms with Crippen molar-refractivity contribution in [2.45, 2.75) is 38.7 Å². The third-order valence-corrected chi connectivity index (χ3v) is 4.53. The van der Waals surface area contributed by atoms with Crippen LogP contribution in [0, 0.1) is 11.8 Å². The van der Waals surface area contributed by atoms with Crippen molar-refractivity contribution in [1.82, 2.24) is 0 Å². The van der Waals surface area contributed by atoms with Gasteiger partial charge in [0.25, 0.3) is 0 Å². The van der Waals surface area contributed by atoms with Crippen LogP contribution >= 0.6 is 0 Å². The summed E-state index contributed by atoms with van der Waals surface area (Å²) in [6, 6.07) is 8.78. The fraction of sp³-hybridized carbons (Fsp3) is 0.526. The van der Waals surface area contributed by atoms with Crippen LogP contribution in [-0.4, -0.2) is 41.6 Å². The molecule has 1 aromatic rings. The summed E-state index contributed by atoms with van der Waals surface area (Å²) >= 11 is 0. The van der Waals surface area contributed by atoms with E-state index in [9.17, 15) is 19.5 Å². The van der Waals surface area contributed by atoms with Crippen LogP contribution in [0.25, 0.3) is 0 Å². The van der Waals surface area contributed by atoms with Crippen LogP contribution in [0.4, 0.5) is 0 Å². The predicted octanol–water partition coefficient (Wildman–Crippen LogP) is 1.85. The third-order valence-electron chi connectivity index (χ3n) is 4.53. The van der Waals surface area contributed by atoms with E-state index in [2.05, 4.69) is 0 Å². The molecule has 0 spiro atoms. The second-order valence-corrected chi connectivity index (χ2v) is 6.40. The number of carbonyl (C=O) groups excluding carboxylic acids is 3. The fourth-order valence-corrected chi connectivity index (χ4v) is 3.55. The summed E-state index contributed by atoms with van der Waals surface area (Å²) in [7, 11) is 0. The minimum atomic E-state index is -1.60. The molecule has 0 radical (unpaired) electrons. The molecule has 6 nitrogen and oxygen atoms in total. The minimum absolute atomic E-state index is 0.130. The Labute approximate surface area is 147 Å². The van der Waals surface area contributed by atoms with Gasteiger partial charge in [0.2, 0.25) is 0 Å². The van der Waals surface area contributed by atoms with Crippen LogP contribution in [0.15, 0.2) is 30.3 Å². The monoisotopic (exact) mass is 348 g/mol. The first-order valence-corrected chi connectivity index (χ1v) is 8.46. The lowest BCUT2D eigenvalue weighted by Gasteiger charge is -2.43. The number of hydrogen-bond acceptors (Lipinski definition) is 6. The molecule has 1 fully saturated rings. The molecule has 1 N–H and O–H groups in total. The molecule has 1 aliphatic carbocycles. The van der Waals surface area contributed by atoms with E-state index >= 15 is 0 Å². The van der Waals surface area contributed by atoms with Crippen molar-refractivity contribution in [3.8, 4) is 0 Å². The van der Waals surface area contributed by atoms with E-state index in [1.165, 1.54) is 6.92 Å². The van der Waals surface area contributed by atoms with Gasteiger partial charge in [0.15, 0.2) is 5.78 Å². The average molecular weight is 348 g/mol. The van der Waals surface area contributed by atoms with Crippen LogP contribution in [0.3, 0.4) is 0 Å². The molecule has 1 aromatic carbocycles. The zero-order valence-corrected chi connectivity index (χ0v) is 14.7. The van der Waals surface area contributed by atoms with Gasteiger partial charge in [-0.2, -0.15) is 0 Å². The van der Waals surface area contributed by atoms with Crippen molar-refractivity contribution >= 4 is 17.7 Å². The molecule has 2 rings (SSSR count). The van der Waals surface area contributed by atoms with Crippen molar-refractivity contribution in [1.29, 1.82) is 0 Å². The lowest BCUT2D eigenvalue weighted by Crippen LogP contribution is -2.55. The normalized spacial score (nSPS) is 29.1. The average Bonchev–Trinajstić information content (AvgIpc) is 2.54. The topological polar surface area (TPSA) is 89.9 Å². The molecule has 0 aromatic heterocycles. The Bertz CT molecular complexity index is 637. The number of ether oxygens (including phenoxy) is 2. The maximum absolute atomic E-state index is 12.6. The van der Waals surface area contributed by atoms with E-state index in [-0.39, 0.29) is 19.6 Å². The van der Waals surface area contributed by atoms with E-state index in [0.29, 0.717) is 5.56 Å². The van der Waals surface area contributed by atoms with E-state index in [1.54, 1.807) is 44.2 Å². The molecular weight excluding hydrogens is 324 g/mol. The highest BCUT2D eigenvalue weighted by Crippen LogP contribution is 2.46. The number of carbonyl (C=O) groups is 3. The van der Waals surface area contributed by atoms with Gasteiger partial charge in [0, 0.05) is 12.3 Å². The Hall–Kier alpha value is -2.21.